The van der Waals surface area contributed by atoms with Gasteiger partial charge in [0.1, 0.15) is 5.60 Å². The van der Waals surface area contributed by atoms with Gasteiger partial charge >= 0.3 is 0 Å². The first-order valence-electron chi connectivity index (χ1n) is 10.8. The standard InChI is InChI=1S/C23H28N2O6/c1-28-16-10-13(11-17(29-2)20(16)30-3)24-21(26)18-15-8-9-23(31-15)12-25(22(27)19(18)23)14-6-4-5-7-14/h8-11,14-15,18-19H,4-7,12H2,1-3H3,(H,24,26)/t15-,18-,19+,23+/m1/s1. The third-order valence-corrected chi connectivity index (χ3v) is 7.13. The number of hydrogen-bond donors (Lipinski definition) is 1. The minimum absolute atomic E-state index is 0.0452. The Bertz CT molecular complexity index is 915. The predicted molar refractivity (Wildman–Crippen MR) is 112 cm³/mol. The maximum atomic E-state index is 13.4. The van der Waals surface area contributed by atoms with E-state index in [2.05, 4.69) is 5.32 Å². The maximum absolute atomic E-state index is 13.4. The highest BCUT2D eigenvalue weighted by atomic mass is 16.5. The summed E-state index contributed by atoms with van der Waals surface area (Å²) in [5, 5.41) is 2.94. The summed E-state index contributed by atoms with van der Waals surface area (Å²) in [4.78, 5) is 28.7. The van der Waals surface area contributed by atoms with Crippen molar-refractivity contribution >= 4 is 17.5 Å². The number of amides is 2. The Morgan fingerprint density at radius 1 is 1.13 bits per heavy atom. The molecule has 2 bridgehead atoms. The van der Waals surface area contributed by atoms with Gasteiger partial charge in [-0.3, -0.25) is 9.59 Å². The molecule has 8 heteroatoms. The van der Waals surface area contributed by atoms with E-state index in [1.54, 1.807) is 12.1 Å². The Morgan fingerprint density at radius 3 is 2.42 bits per heavy atom. The molecule has 5 rings (SSSR count). The van der Waals surface area contributed by atoms with Gasteiger partial charge in [-0.1, -0.05) is 25.0 Å². The van der Waals surface area contributed by atoms with E-state index in [4.69, 9.17) is 18.9 Å². The molecule has 4 atom stereocenters. The molecule has 1 spiro atoms. The van der Waals surface area contributed by atoms with Crippen molar-refractivity contribution in [2.75, 3.05) is 33.2 Å². The predicted octanol–water partition coefficient (Wildman–Crippen LogP) is 2.38. The molecule has 166 valence electrons. The molecule has 3 aliphatic heterocycles. The van der Waals surface area contributed by atoms with E-state index >= 15 is 0 Å². The summed E-state index contributed by atoms with van der Waals surface area (Å²) < 4.78 is 22.3. The Balaban J connectivity index is 1.40. The summed E-state index contributed by atoms with van der Waals surface area (Å²) in [6.07, 6.45) is 7.91. The molecule has 0 aromatic heterocycles. The molecule has 2 amide bonds. The molecule has 1 aliphatic carbocycles. The highest BCUT2D eigenvalue weighted by Gasteiger charge is 2.67. The van der Waals surface area contributed by atoms with Gasteiger partial charge in [0.05, 0.1) is 45.8 Å². The lowest BCUT2D eigenvalue weighted by Crippen LogP contribution is -2.42. The quantitative estimate of drug-likeness (QED) is 0.700. The number of fused-ring (bicyclic) bond motifs is 1. The van der Waals surface area contributed by atoms with Crippen LogP contribution in [0.2, 0.25) is 0 Å². The smallest absolute Gasteiger partial charge is 0.231 e. The fourth-order valence-corrected chi connectivity index (χ4v) is 5.73. The lowest BCUT2D eigenvalue weighted by molar-refractivity contribution is -0.137. The molecular formula is C23H28N2O6. The van der Waals surface area contributed by atoms with Gasteiger partial charge in [0.2, 0.25) is 17.6 Å². The fourth-order valence-electron chi connectivity index (χ4n) is 5.73. The summed E-state index contributed by atoms with van der Waals surface area (Å²) in [6, 6.07) is 3.63. The molecule has 1 N–H and O–H groups in total. The normalized spacial score (nSPS) is 31.3. The lowest BCUT2D eigenvalue weighted by Gasteiger charge is -2.27. The van der Waals surface area contributed by atoms with Crippen molar-refractivity contribution in [3.05, 3.63) is 24.3 Å². The zero-order valence-electron chi connectivity index (χ0n) is 18.1. The summed E-state index contributed by atoms with van der Waals surface area (Å²) in [5.74, 6) is 0.101. The molecule has 4 aliphatic rings. The van der Waals surface area contributed by atoms with Crippen LogP contribution in [0.15, 0.2) is 24.3 Å². The van der Waals surface area contributed by atoms with Crippen LogP contribution in [0.3, 0.4) is 0 Å². The Labute approximate surface area is 181 Å². The van der Waals surface area contributed by atoms with Crippen LogP contribution >= 0.6 is 0 Å². The number of methoxy groups -OCH3 is 3. The molecule has 1 saturated carbocycles. The van der Waals surface area contributed by atoms with E-state index in [-0.39, 0.29) is 24.0 Å². The van der Waals surface area contributed by atoms with E-state index in [0.717, 1.165) is 25.7 Å². The van der Waals surface area contributed by atoms with Crippen LogP contribution in [0.5, 0.6) is 17.2 Å². The van der Waals surface area contributed by atoms with Crippen LogP contribution in [-0.4, -0.2) is 62.3 Å². The van der Waals surface area contributed by atoms with E-state index in [1.165, 1.54) is 21.3 Å². The lowest BCUT2D eigenvalue weighted by atomic mass is 9.76. The number of anilines is 1. The molecule has 0 radical (unpaired) electrons. The van der Waals surface area contributed by atoms with Crippen molar-refractivity contribution in [3.8, 4) is 17.2 Å². The second-order valence-corrected chi connectivity index (χ2v) is 8.71. The molecule has 3 heterocycles. The Kier molecular flexibility index (Phi) is 4.84. The van der Waals surface area contributed by atoms with Crippen LogP contribution in [-0.2, 0) is 14.3 Å². The summed E-state index contributed by atoms with van der Waals surface area (Å²) in [5.41, 5.74) is -0.167. The van der Waals surface area contributed by atoms with Crippen molar-refractivity contribution in [2.24, 2.45) is 11.8 Å². The highest BCUT2D eigenvalue weighted by molar-refractivity contribution is 5.99. The van der Waals surface area contributed by atoms with Gasteiger partial charge < -0.3 is 29.2 Å². The SMILES string of the molecule is COc1cc(NC(=O)[C@H]2[C@H]3C(=O)N(C4CCCC4)C[C@@]34C=C[C@H]2O4)cc(OC)c1OC. The van der Waals surface area contributed by atoms with Crippen LogP contribution in [0.1, 0.15) is 25.7 Å². The highest BCUT2D eigenvalue weighted by Crippen LogP contribution is 2.53. The number of ether oxygens (including phenoxy) is 4. The van der Waals surface area contributed by atoms with Crippen molar-refractivity contribution < 1.29 is 28.5 Å². The van der Waals surface area contributed by atoms with Crippen molar-refractivity contribution in [1.29, 1.82) is 0 Å². The van der Waals surface area contributed by atoms with Crippen molar-refractivity contribution in [3.63, 3.8) is 0 Å². The number of benzene rings is 1. The summed E-state index contributed by atoms with van der Waals surface area (Å²) >= 11 is 0. The first-order valence-corrected chi connectivity index (χ1v) is 10.8. The average Bonchev–Trinajstić information content (AvgIpc) is 3.54. The largest absolute Gasteiger partial charge is 0.493 e. The molecule has 31 heavy (non-hydrogen) atoms. The number of likely N-dealkylation sites (tertiary alicyclic amines) is 1. The van der Waals surface area contributed by atoms with E-state index in [1.807, 2.05) is 17.1 Å². The van der Waals surface area contributed by atoms with Gasteiger partial charge in [-0.05, 0) is 12.8 Å². The molecule has 2 saturated heterocycles. The van der Waals surface area contributed by atoms with Gasteiger partial charge in [0.15, 0.2) is 11.5 Å². The second-order valence-electron chi connectivity index (χ2n) is 8.71. The maximum Gasteiger partial charge on any atom is 0.231 e. The molecule has 8 nitrogen and oxygen atoms in total. The third-order valence-electron chi connectivity index (χ3n) is 7.13. The van der Waals surface area contributed by atoms with Gasteiger partial charge in [-0.2, -0.15) is 0 Å². The van der Waals surface area contributed by atoms with Crippen molar-refractivity contribution in [1.82, 2.24) is 4.90 Å². The van der Waals surface area contributed by atoms with Gasteiger partial charge in [0, 0.05) is 23.9 Å². The Morgan fingerprint density at radius 2 is 1.81 bits per heavy atom. The van der Waals surface area contributed by atoms with Gasteiger partial charge in [-0.15, -0.1) is 0 Å². The zero-order valence-corrected chi connectivity index (χ0v) is 18.1. The van der Waals surface area contributed by atoms with E-state index in [9.17, 15) is 9.59 Å². The minimum Gasteiger partial charge on any atom is -0.493 e. The topological polar surface area (TPSA) is 86.3 Å². The van der Waals surface area contributed by atoms with E-state index < -0.39 is 17.4 Å². The Hall–Kier alpha value is -2.74. The number of nitrogens with zero attached hydrogens (tertiary/aromatic N) is 1. The molecule has 3 fully saturated rings. The monoisotopic (exact) mass is 428 g/mol. The fraction of sp³-hybridized carbons (Fsp3) is 0.565. The third kappa shape index (κ3) is 2.99. The molecule has 1 aromatic carbocycles. The number of rotatable bonds is 6. The van der Waals surface area contributed by atoms with Crippen LogP contribution in [0.4, 0.5) is 5.69 Å². The average molecular weight is 428 g/mol. The molecular weight excluding hydrogens is 400 g/mol. The summed E-state index contributed by atoms with van der Waals surface area (Å²) in [7, 11) is 4.57. The van der Waals surface area contributed by atoms with E-state index in [0.29, 0.717) is 29.5 Å². The number of carbonyl (C=O) groups is 2. The zero-order chi connectivity index (χ0) is 21.8. The van der Waals surface area contributed by atoms with Gasteiger partial charge in [-0.25, -0.2) is 0 Å². The molecule has 1 aromatic rings. The van der Waals surface area contributed by atoms with Crippen LogP contribution in [0.25, 0.3) is 0 Å². The first-order chi connectivity index (χ1) is 15.0. The van der Waals surface area contributed by atoms with Crippen LogP contribution < -0.4 is 19.5 Å². The number of nitrogens with one attached hydrogen (secondary N) is 1. The van der Waals surface area contributed by atoms with Crippen molar-refractivity contribution in [2.45, 2.75) is 43.4 Å². The van der Waals surface area contributed by atoms with Crippen LogP contribution in [0, 0.1) is 11.8 Å². The first kappa shape index (κ1) is 20.2. The van der Waals surface area contributed by atoms with Gasteiger partial charge in [0.25, 0.3) is 0 Å². The number of carbonyl (C=O) groups excluding carboxylic acids is 2. The summed E-state index contributed by atoms with van der Waals surface area (Å²) in [6.45, 7) is 0.544. The molecule has 0 unspecified atom stereocenters. The second kappa shape index (κ2) is 7.44. The minimum atomic E-state index is -0.679. The number of hydrogen-bond acceptors (Lipinski definition) is 6.